The lowest BCUT2D eigenvalue weighted by atomic mass is 9.99. The van der Waals surface area contributed by atoms with Crippen molar-refractivity contribution in [1.29, 1.82) is 0 Å². The molecule has 37 heavy (non-hydrogen) atoms. The number of aromatic nitrogens is 3. The average Bonchev–Trinajstić information content (AvgIpc) is 3.71. The number of pyridine rings is 1. The zero-order valence-corrected chi connectivity index (χ0v) is 20.4. The quantitative estimate of drug-likeness (QED) is 0.373. The van der Waals surface area contributed by atoms with Crippen LogP contribution in [0.3, 0.4) is 0 Å². The zero-order valence-electron chi connectivity index (χ0n) is 20.4. The Labute approximate surface area is 213 Å². The van der Waals surface area contributed by atoms with Gasteiger partial charge in [0, 0.05) is 42.5 Å². The molecule has 3 heterocycles. The Bertz CT molecular complexity index is 1370. The Morgan fingerprint density at radius 2 is 1.97 bits per heavy atom. The molecule has 3 aromatic rings. The second kappa shape index (κ2) is 10.4. The van der Waals surface area contributed by atoms with Gasteiger partial charge in [-0.2, -0.15) is 0 Å². The lowest BCUT2D eigenvalue weighted by Crippen LogP contribution is -2.40. The SMILES string of the molecule is C=N/C=C(\c1c(C)nc(-c2ccnc(Nc3c(F)cccc3F)c2)nc1NC1CCNC(=O)C1)C1CC1. The molecule has 2 aromatic heterocycles. The lowest BCUT2D eigenvalue weighted by molar-refractivity contribution is -0.122. The number of benzene rings is 1. The number of amides is 1. The summed E-state index contributed by atoms with van der Waals surface area (Å²) < 4.78 is 28.3. The predicted molar refractivity (Wildman–Crippen MR) is 140 cm³/mol. The molecule has 10 heteroatoms. The van der Waals surface area contributed by atoms with Crippen LogP contribution < -0.4 is 16.0 Å². The Kier molecular flexibility index (Phi) is 6.89. The van der Waals surface area contributed by atoms with E-state index in [1.165, 1.54) is 24.4 Å². The molecule has 1 aliphatic carbocycles. The van der Waals surface area contributed by atoms with Gasteiger partial charge in [0.15, 0.2) is 5.82 Å². The maximum Gasteiger partial charge on any atom is 0.222 e. The molecule has 1 atom stereocenters. The highest BCUT2D eigenvalue weighted by atomic mass is 19.1. The van der Waals surface area contributed by atoms with Crippen molar-refractivity contribution in [2.45, 2.75) is 38.6 Å². The van der Waals surface area contributed by atoms with E-state index in [0.29, 0.717) is 36.1 Å². The summed E-state index contributed by atoms with van der Waals surface area (Å²) in [6, 6.07) is 6.94. The van der Waals surface area contributed by atoms with Crippen molar-refractivity contribution in [2.24, 2.45) is 10.9 Å². The first-order chi connectivity index (χ1) is 17.9. The number of hydrogen-bond acceptors (Lipinski definition) is 7. The molecule has 1 aliphatic heterocycles. The second-order valence-electron chi connectivity index (χ2n) is 9.23. The molecule has 1 aromatic carbocycles. The third-order valence-electron chi connectivity index (χ3n) is 6.45. The first kappa shape index (κ1) is 24.5. The summed E-state index contributed by atoms with van der Waals surface area (Å²) in [5.41, 5.74) is 2.97. The summed E-state index contributed by atoms with van der Waals surface area (Å²) in [5.74, 6) is 0.206. The van der Waals surface area contributed by atoms with Crippen molar-refractivity contribution in [3.05, 3.63) is 65.6 Å². The van der Waals surface area contributed by atoms with E-state index >= 15 is 0 Å². The molecule has 1 saturated heterocycles. The van der Waals surface area contributed by atoms with Crippen LogP contribution in [0.1, 0.15) is 36.9 Å². The number of halogens is 2. The smallest absolute Gasteiger partial charge is 0.222 e. The minimum Gasteiger partial charge on any atom is -0.366 e. The summed E-state index contributed by atoms with van der Waals surface area (Å²) >= 11 is 0. The number of para-hydroxylation sites is 1. The topological polar surface area (TPSA) is 104 Å². The van der Waals surface area contributed by atoms with Gasteiger partial charge in [-0.3, -0.25) is 9.79 Å². The van der Waals surface area contributed by atoms with Gasteiger partial charge in [-0.1, -0.05) is 6.07 Å². The average molecular weight is 504 g/mol. The number of piperidine rings is 1. The summed E-state index contributed by atoms with van der Waals surface area (Å²) in [4.78, 5) is 29.9. The molecule has 2 fully saturated rings. The van der Waals surface area contributed by atoms with Crippen molar-refractivity contribution in [3.63, 3.8) is 0 Å². The highest BCUT2D eigenvalue weighted by Crippen LogP contribution is 2.45. The van der Waals surface area contributed by atoms with Gasteiger partial charge >= 0.3 is 0 Å². The first-order valence-electron chi connectivity index (χ1n) is 12.2. The van der Waals surface area contributed by atoms with E-state index in [0.717, 1.165) is 36.1 Å². The van der Waals surface area contributed by atoms with Gasteiger partial charge in [0.2, 0.25) is 5.91 Å². The fourth-order valence-electron chi connectivity index (χ4n) is 4.50. The van der Waals surface area contributed by atoms with E-state index in [4.69, 9.17) is 9.97 Å². The number of hydrogen-bond donors (Lipinski definition) is 3. The molecule has 0 bridgehead atoms. The van der Waals surface area contributed by atoms with E-state index in [1.54, 1.807) is 18.3 Å². The molecule has 1 amide bonds. The summed E-state index contributed by atoms with van der Waals surface area (Å²) in [7, 11) is 0. The molecule has 1 saturated carbocycles. The van der Waals surface area contributed by atoms with Crippen LogP contribution in [0.15, 0.2) is 47.7 Å². The van der Waals surface area contributed by atoms with Gasteiger partial charge in [0.1, 0.15) is 29.0 Å². The molecule has 2 aliphatic rings. The number of allylic oxidation sites excluding steroid dienone is 1. The predicted octanol–water partition coefficient (Wildman–Crippen LogP) is 5.01. The van der Waals surface area contributed by atoms with Crippen molar-refractivity contribution in [2.75, 3.05) is 17.2 Å². The molecular weight excluding hydrogens is 476 g/mol. The van der Waals surface area contributed by atoms with Crippen LogP contribution in [0, 0.1) is 24.5 Å². The molecular formula is C27H27F2N7O. The highest BCUT2D eigenvalue weighted by Gasteiger charge is 2.31. The van der Waals surface area contributed by atoms with Gasteiger partial charge in [-0.25, -0.2) is 23.7 Å². The minimum absolute atomic E-state index is 0.00718. The van der Waals surface area contributed by atoms with Crippen molar-refractivity contribution in [1.82, 2.24) is 20.3 Å². The number of aryl methyl sites for hydroxylation is 1. The van der Waals surface area contributed by atoms with Gasteiger partial charge in [-0.15, -0.1) is 0 Å². The van der Waals surface area contributed by atoms with Crippen LogP contribution in [0.5, 0.6) is 0 Å². The number of carbonyl (C=O) groups is 1. The summed E-state index contributed by atoms with van der Waals surface area (Å²) in [6.45, 7) is 6.14. The molecule has 8 nitrogen and oxygen atoms in total. The van der Waals surface area contributed by atoms with Crippen LogP contribution in [-0.2, 0) is 4.79 Å². The third-order valence-corrected chi connectivity index (χ3v) is 6.45. The van der Waals surface area contributed by atoms with E-state index in [1.807, 2.05) is 6.92 Å². The van der Waals surface area contributed by atoms with Gasteiger partial charge in [0.25, 0.3) is 0 Å². The van der Waals surface area contributed by atoms with Crippen molar-refractivity contribution in [3.8, 4) is 11.4 Å². The van der Waals surface area contributed by atoms with Crippen LogP contribution in [0.25, 0.3) is 17.0 Å². The van der Waals surface area contributed by atoms with Crippen molar-refractivity contribution >= 4 is 35.5 Å². The second-order valence-corrected chi connectivity index (χ2v) is 9.23. The van der Waals surface area contributed by atoms with Gasteiger partial charge in [-0.05, 0) is 68.7 Å². The van der Waals surface area contributed by atoms with Crippen LogP contribution in [0.2, 0.25) is 0 Å². The largest absolute Gasteiger partial charge is 0.366 e. The Morgan fingerprint density at radius 3 is 2.68 bits per heavy atom. The first-order valence-corrected chi connectivity index (χ1v) is 12.2. The third kappa shape index (κ3) is 5.47. The highest BCUT2D eigenvalue weighted by molar-refractivity contribution is 5.81. The number of nitrogens with zero attached hydrogens (tertiary/aromatic N) is 4. The maximum absolute atomic E-state index is 14.2. The Morgan fingerprint density at radius 1 is 1.19 bits per heavy atom. The summed E-state index contributed by atoms with van der Waals surface area (Å²) in [6.07, 6.45) is 6.51. The van der Waals surface area contributed by atoms with E-state index in [-0.39, 0.29) is 23.5 Å². The normalized spacial score (nSPS) is 17.8. The van der Waals surface area contributed by atoms with E-state index < -0.39 is 11.6 Å². The molecule has 3 N–H and O–H groups in total. The van der Waals surface area contributed by atoms with E-state index in [9.17, 15) is 13.6 Å². The molecule has 0 spiro atoms. The van der Waals surface area contributed by atoms with E-state index in [2.05, 4.69) is 32.6 Å². The molecule has 190 valence electrons. The van der Waals surface area contributed by atoms with Crippen LogP contribution in [0.4, 0.5) is 26.1 Å². The van der Waals surface area contributed by atoms with Crippen LogP contribution >= 0.6 is 0 Å². The van der Waals surface area contributed by atoms with Gasteiger partial charge in [0.05, 0.1) is 5.69 Å². The van der Waals surface area contributed by atoms with Crippen LogP contribution in [-0.4, -0.2) is 40.2 Å². The Hall–Kier alpha value is -4.21. The zero-order chi connectivity index (χ0) is 25.9. The minimum atomic E-state index is -0.720. The molecule has 0 radical (unpaired) electrons. The lowest BCUT2D eigenvalue weighted by Gasteiger charge is -2.26. The monoisotopic (exact) mass is 503 g/mol. The molecule has 5 rings (SSSR count). The number of aliphatic imine (C=N–C) groups is 1. The standard InChI is InChI=1S/C27H27F2N7O/c1-15-24(19(14-30-2)16-6-7-16)27(34-18-9-11-32-23(37)13-18)36-26(33-15)17-8-10-31-22(12-17)35-25-20(28)4-3-5-21(25)29/h3-5,8,10,12,14,16,18H,2,6-7,9,11,13H2,1H3,(H,31,35)(H,32,37)(H,33,34,36)/b19-14-. The van der Waals surface area contributed by atoms with Crippen molar-refractivity contribution < 1.29 is 13.6 Å². The fraction of sp³-hybridized carbons (Fsp3) is 0.296. The maximum atomic E-state index is 14.2. The number of anilines is 3. The van der Waals surface area contributed by atoms with Gasteiger partial charge < -0.3 is 16.0 Å². The summed E-state index contributed by atoms with van der Waals surface area (Å²) in [5, 5.41) is 9.04. The number of nitrogens with one attached hydrogen (secondary N) is 3. The number of carbonyl (C=O) groups excluding carboxylic acids is 1. The Balaban J connectivity index is 1.54. The fourth-order valence-corrected chi connectivity index (χ4v) is 4.50. The number of rotatable bonds is 8. The molecule has 1 unspecified atom stereocenters.